The predicted octanol–water partition coefficient (Wildman–Crippen LogP) is 2.11. The molecule has 0 amide bonds. The molecule has 0 unspecified atom stereocenters. The van der Waals surface area contributed by atoms with Gasteiger partial charge in [-0.2, -0.15) is 4.98 Å². The van der Waals surface area contributed by atoms with E-state index in [-0.39, 0.29) is 53.5 Å². The van der Waals surface area contributed by atoms with Gasteiger partial charge in [0.25, 0.3) is 11.1 Å². The number of aryl methyl sites for hydroxylation is 1. The Morgan fingerprint density at radius 1 is 0.875 bits per heavy atom. The summed E-state index contributed by atoms with van der Waals surface area (Å²) in [7, 11) is 0. The van der Waals surface area contributed by atoms with E-state index < -0.39 is 11.2 Å². The maximum atomic E-state index is 13.4. The highest BCUT2D eigenvalue weighted by Gasteiger charge is 2.24. The second kappa shape index (κ2) is 8.49. The maximum absolute atomic E-state index is 13.4. The van der Waals surface area contributed by atoms with Gasteiger partial charge < -0.3 is 5.11 Å². The van der Waals surface area contributed by atoms with Crippen molar-refractivity contribution in [3.05, 3.63) is 72.7 Å². The van der Waals surface area contributed by atoms with Crippen LogP contribution in [0.15, 0.2) is 44.7 Å². The van der Waals surface area contributed by atoms with Crippen molar-refractivity contribution in [3.8, 4) is 5.88 Å². The molecular weight excluding hydrogens is 410 g/mol. The van der Waals surface area contributed by atoms with Crippen LogP contribution < -0.4 is 16.8 Å². The molecule has 1 aromatic carbocycles. The number of fused-ring (bicyclic) bond motifs is 3. The quantitative estimate of drug-likeness (QED) is 0.477. The van der Waals surface area contributed by atoms with E-state index in [9.17, 15) is 19.5 Å². The summed E-state index contributed by atoms with van der Waals surface area (Å²) < 4.78 is 5.43. The van der Waals surface area contributed by atoms with Crippen LogP contribution in [0.4, 0.5) is 0 Å². The molecule has 0 aliphatic carbocycles. The van der Waals surface area contributed by atoms with Crippen LogP contribution in [0.1, 0.15) is 44.7 Å². The van der Waals surface area contributed by atoms with Gasteiger partial charge in [0.1, 0.15) is 0 Å². The first kappa shape index (κ1) is 21.6. The van der Waals surface area contributed by atoms with Crippen LogP contribution in [-0.2, 0) is 26.1 Å². The van der Waals surface area contributed by atoms with Gasteiger partial charge in [-0.1, -0.05) is 51.1 Å². The molecule has 9 heteroatoms. The Bertz CT molecular complexity index is 1470. The van der Waals surface area contributed by atoms with Gasteiger partial charge in [0.2, 0.25) is 11.7 Å². The Morgan fingerprint density at radius 2 is 1.53 bits per heavy atom. The van der Waals surface area contributed by atoms with Crippen molar-refractivity contribution >= 4 is 16.9 Å². The molecule has 9 nitrogen and oxygen atoms in total. The average molecular weight is 438 g/mol. The van der Waals surface area contributed by atoms with Gasteiger partial charge in [0.05, 0.1) is 12.1 Å². The summed E-state index contributed by atoms with van der Waals surface area (Å²) in [5.41, 5.74) is 0.0493. The number of benzene rings is 1. The molecule has 3 heterocycles. The molecule has 4 aromatic rings. The molecule has 0 spiro atoms. The molecule has 0 bridgehead atoms. The first-order valence-corrected chi connectivity index (χ1v) is 11.0. The van der Waals surface area contributed by atoms with Crippen molar-refractivity contribution in [2.45, 2.75) is 59.7 Å². The van der Waals surface area contributed by atoms with Crippen LogP contribution in [0.2, 0.25) is 0 Å². The van der Waals surface area contributed by atoms with Crippen LogP contribution in [0, 0.1) is 0 Å². The maximum Gasteiger partial charge on any atom is 0.332 e. The van der Waals surface area contributed by atoms with Crippen LogP contribution >= 0.6 is 0 Å². The third-order valence-electron chi connectivity index (χ3n) is 5.66. The third-order valence-corrected chi connectivity index (χ3v) is 5.66. The van der Waals surface area contributed by atoms with Gasteiger partial charge >= 0.3 is 5.69 Å². The third kappa shape index (κ3) is 3.24. The molecule has 0 atom stereocenters. The molecule has 0 aliphatic heterocycles. The van der Waals surface area contributed by atoms with Gasteiger partial charge in [-0.05, 0) is 24.8 Å². The van der Waals surface area contributed by atoms with Crippen molar-refractivity contribution in [2.75, 3.05) is 0 Å². The molecule has 4 rings (SSSR count). The highest BCUT2D eigenvalue weighted by Crippen LogP contribution is 2.22. The number of aromatic nitrogens is 5. The Balaban J connectivity index is 2.21. The van der Waals surface area contributed by atoms with Crippen LogP contribution in [0.25, 0.3) is 16.9 Å². The zero-order valence-corrected chi connectivity index (χ0v) is 18.5. The molecule has 3 aromatic heterocycles. The highest BCUT2D eigenvalue weighted by atomic mass is 16.3. The standard InChI is InChI=1S/C23H27N5O4/c1-4-12-25-18-17(21(31)26(13-5-2)23(25)32)28-20(30)16(6-3)19(29)27(22(28)24-18)14-15-10-8-7-9-11-15/h7-11,30H,4-6,12-14H2,1-3H3. The molecule has 168 valence electrons. The minimum atomic E-state index is -0.519. The summed E-state index contributed by atoms with van der Waals surface area (Å²) in [6.45, 7) is 6.45. The largest absolute Gasteiger partial charge is 0.494 e. The summed E-state index contributed by atoms with van der Waals surface area (Å²) >= 11 is 0. The second-order valence-corrected chi connectivity index (χ2v) is 7.84. The predicted molar refractivity (Wildman–Crippen MR) is 123 cm³/mol. The summed E-state index contributed by atoms with van der Waals surface area (Å²) in [5.74, 6) is -0.166. The van der Waals surface area contributed by atoms with Gasteiger partial charge in [-0.15, -0.1) is 0 Å². The van der Waals surface area contributed by atoms with E-state index in [0.717, 1.165) is 5.56 Å². The lowest BCUT2D eigenvalue weighted by molar-refractivity contribution is 0.434. The number of rotatable bonds is 7. The van der Waals surface area contributed by atoms with Gasteiger partial charge in [-0.3, -0.25) is 23.3 Å². The van der Waals surface area contributed by atoms with Crippen molar-refractivity contribution in [3.63, 3.8) is 0 Å². The summed E-state index contributed by atoms with van der Waals surface area (Å²) in [6.07, 6.45) is 1.55. The summed E-state index contributed by atoms with van der Waals surface area (Å²) in [6, 6.07) is 9.43. The van der Waals surface area contributed by atoms with Gasteiger partial charge in [0.15, 0.2) is 11.2 Å². The average Bonchev–Trinajstić information content (AvgIpc) is 3.19. The lowest BCUT2D eigenvalue weighted by Gasteiger charge is -2.13. The summed E-state index contributed by atoms with van der Waals surface area (Å²) in [4.78, 5) is 44.2. The number of imidazole rings is 1. The van der Waals surface area contributed by atoms with Crippen LogP contribution in [0.3, 0.4) is 0 Å². The number of hydrogen-bond donors (Lipinski definition) is 1. The minimum Gasteiger partial charge on any atom is -0.494 e. The van der Waals surface area contributed by atoms with Crippen molar-refractivity contribution in [1.29, 1.82) is 0 Å². The Hall–Kier alpha value is -3.62. The Labute approximate surface area is 183 Å². The van der Waals surface area contributed by atoms with Crippen molar-refractivity contribution in [2.24, 2.45) is 0 Å². The fraction of sp³-hybridized carbons (Fsp3) is 0.391. The first-order chi connectivity index (χ1) is 15.4. The van der Waals surface area contributed by atoms with Crippen LogP contribution in [-0.4, -0.2) is 28.2 Å². The topological polar surface area (TPSA) is 104 Å². The Kier molecular flexibility index (Phi) is 5.73. The van der Waals surface area contributed by atoms with E-state index in [1.54, 1.807) is 6.92 Å². The molecule has 0 saturated carbocycles. The van der Waals surface area contributed by atoms with E-state index >= 15 is 0 Å². The number of nitrogens with zero attached hydrogens (tertiary/aromatic N) is 5. The molecule has 0 saturated heterocycles. The summed E-state index contributed by atoms with van der Waals surface area (Å²) in [5, 5.41) is 11.0. The Morgan fingerprint density at radius 3 is 2.16 bits per heavy atom. The SMILES string of the molecule is CCCn1c(=O)c2c(nc3n(Cc4ccccc4)c(=O)c(CC)c(O)n23)n(CCC)c1=O. The first-order valence-electron chi connectivity index (χ1n) is 11.0. The molecule has 0 radical (unpaired) electrons. The lowest BCUT2D eigenvalue weighted by Crippen LogP contribution is -2.40. The fourth-order valence-corrected chi connectivity index (χ4v) is 4.16. The highest BCUT2D eigenvalue weighted by molar-refractivity contribution is 5.76. The normalized spacial score (nSPS) is 11.6. The minimum absolute atomic E-state index is 0.107. The molecule has 32 heavy (non-hydrogen) atoms. The van der Waals surface area contributed by atoms with E-state index in [0.29, 0.717) is 19.4 Å². The molecular formula is C23H27N5O4. The van der Waals surface area contributed by atoms with Gasteiger partial charge in [0, 0.05) is 13.1 Å². The lowest BCUT2D eigenvalue weighted by atomic mass is 10.2. The van der Waals surface area contributed by atoms with E-state index in [2.05, 4.69) is 4.98 Å². The fourth-order valence-electron chi connectivity index (χ4n) is 4.16. The molecule has 1 N–H and O–H groups in total. The monoisotopic (exact) mass is 437 g/mol. The van der Waals surface area contributed by atoms with E-state index in [1.165, 1.54) is 18.1 Å². The van der Waals surface area contributed by atoms with E-state index in [1.807, 2.05) is 44.2 Å². The smallest absolute Gasteiger partial charge is 0.332 e. The number of aromatic hydroxyl groups is 1. The molecule has 0 fully saturated rings. The van der Waals surface area contributed by atoms with Gasteiger partial charge in [-0.25, -0.2) is 9.20 Å². The second-order valence-electron chi connectivity index (χ2n) is 7.84. The van der Waals surface area contributed by atoms with Crippen molar-refractivity contribution < 1.29 is 5.11 Å². The zero-order chi connectivity index (χ0) is 23.0. The molecule has 0 aliphatic rings. The number of hydrogen-bond acceptors (Lipinski definition) is 5. The van der Waals surface area contributed by atoms with Crippen LogP contribution in [0.5, 0.6) is 5.88 Å². The van der Waals surface area contributed by atoms with E-state index in [4.69, 9.17) is 0 Å². The zero-order valence-electron chi connectivity index (χ0n) is 18.5. The van der Waals surface area contributed by atoms with Crippen molar-refractivity contribution in [1.82, 2.24) is 23.1 Å².